The molecule has 0 aliphatic rings. The standard InChI is InChI=1S/C84H107N11O12/c1-6-8-11-29-79(96)91-77-27-19-25-74(89-77)61-93(59-72-23-15-17-39-85-72)56-68-51-69(57-94(60-73-24-16-18-40-86-73)62-75-26-20-28-78(90-75)92-80(97)30-12-9-7-2)53-76(52-68)106-50-49-103-44-43-101-42-41-95(58-67-35-37-71(38-36-67)70-21-13-10-14-22-70)82(99)64-105-48-46-102-45-47-104-63-81(98)87-54-65-31-33-66(34-32-65)55-88-83(100)107-84(3,4)5/h10,13-28,31-40,51-53H,6-9,11-12,29-30,41-50,54-64H2,1-5H3,(H,87,98)(H,88,100)(H,89,91,96)(H,90,92,97). The second-order valence-corrected chi connectivity index (χ2v) is 27.1. The topological polar surface area (TPSA) is 259 Å². The number of amides is 5. The number of hydrogen-bond donors (Lipinski definition) is 4. The monoisotopic (exact) mass is 1460 g/mol. The molecular formula is C84H107N11O12. The van der Waals surface area contributed by atoms with Gasteiger partial charge in [0, 0.05) is 90.7 Å². The number of nitrogens with one attached hydrogen (secondary N) is 4. The lowest BCUT2D eigenvalue weighted by molar-refractivity contribution is -0.138. The van der Waals surface area contributed by atoms with Gasteiger partial charge in [0.05, 0.1) is 75.6 Å². The molecule has 4 aromatic carbocycles. The average Bonchev–Trinajstić information content (AvgIpc) is 0.855. The van der Waals surface area contributed by atoms with Gasteiger partial charge >= 0.3 is 6.09 Å². The van der Waals surface area contributed by atoms with Gasteiger partial charge in [-0.15, -0.1) is 0 Å². The van der Waals surface area contributed by atoms with E-state index in [1.54, 1.807) is 17.3 Å². The van der Waals surface area contributed by atoms with Crippen LogP contribution < -0.4 is 26.0 Å². The average molecular weight is 1460 g/mol. The number of carbonyl (C=O) groups excluding carboxylic acids is 5. The van der Waals surface area contributed by atoms with Crippen molar-refractivity contribution in [2.45, 2.75) is 150 Å². The fourth-order valence-electron chi connectivity index (χ4n) is 11.4. The maximum atomic E-state index is 13.8. The summed E-state index contributed by atoms with van der Waals surface area (Å²) >= 11 is 0. The Bertz CT molecular complexity index is 3780. The molecule has 4 heterocycles. The third-order valence-electron chi connectivity index (χ3n) is 16.7. The van der Waals surface area contributed by atoms with Crippen molar-refractivity contribution in [3.05, 3.63) is 233 Å². The maximum Gasteiger partial charge on any atom is 0.407 e. The summed E-state index contributed by atoms with van der Waals surface area (Å²) in [5.41, 5.74) is 9.70. The van der Waals surface area contributed by atoms with Crippen LogP contribution in [0.15, 0.2) is 182 Å². The van der Waals surface area contributed by atoms with Gasteiger partial charge in [-0.3, -0.25) is 38.9 Å². The van der Waals surface area contributed by atoms with Crippen LogP contribution in [-0.2, 0) is 107 Å². The first-order chi connectivity index (χ1) is 52.1. The van der Waals surface area contributed by atoms with Crippen LogP contribution >= 0.6 is 0 Å². The van der Waals surface area contributed by atoms with Gasteiger partial charge in [0.2, 0.25) is 23.6 Å². The predicted octanol–water partition coefficient (Wildman–Crippen LogP) is 13.2. The molecule has 0 saturated carbocycles. The molecule has 0 atom stereocenters. The zero-order valence-electron chi connectivity index (χ0n) is 62.9. The Kier molecular flexibility index (Phi) is 36.3. The van der Waals surface area contributed by atoms with Gasteiger partial charge in [-0.1, -0.05) is 149 Å². The minimum Gasteiger partial charge on any atom is -0.491 e. The van der Waals surface area contributed by atoms with Gasteiger partial charge < -0.3 is 59.3 Å². The lowest BCUT2D eigenvalue weighted by Gasteiger charge is -2.25. The van der Waals surface area contributed by atoms with Gasteiger partial charge in [0.15, 0.2) is 0 Å². The summed E-state index contributed by atoms with van der Waals surface area (Å²) in [5, 5.41) is 11.6. The molecule has 4 aromatic heterocycles. The van der Waals surface area contributed by atoms with Crippen LogP contribution in [-0.4, -0.2) is 149 Å². The molecule has 0 unspecified atom stereocenters. The maximum absolute atomic E-state index is 13.8. The fraction of sp³-hybridized carbons (Fsp3) is 0.417. The van der Waals surface area contributed by atoms with Gasteiger partial charge in [-0.25, -0.2) is 14.8 Å². The van der Waals surface area contributed by atoms with Crippen molar-refractivity contribution in [1.29, 1.82) is 0 Å². The number of alkyl carbamates (subject to hydrolysis) is 1. The molecule has 570 valence electrons. The molecule has 5 amide bonds. The van der Waals surface area contributed by atoms with E-state index in [4.69, 9.17) is 53.1 Å². The van der Waals surface area contributed by atoms with Crippen LogP contribution in [0.3, 0.4) is 0 Å². The highest BCUT2D eigenvalue weighted by atomic mass is 16.6. The number of hydrogen-bond acceptors (Lipinski definition) is 18. The van der Waals surface area contributed by atoms with Crippen molar-refractivity contribution in [2.75, 3.05) is 89.9 Å². The summed E-state index contributed by atoms with van der Waals surface area (Å²) in [6.07, 6.45) is 9.66. The number of pyridine rings is 4. The Labute approximate surface area is 630 Å². The number of unbranched alkanes of at least 4 members (excludes halogenated alkanes) is 4. The smallest absolute Gasteiger partial charge is 0.407 e. The first kappa shape index (κ1) is 82.8. The summed E-state index contributed by atoms with van der Waals surface area (Å²) in [5.74, 6) is 1.12. The van der Waals surface area contributed by atoms with Crippen molar-refractivity contribution < 1.29 is 57.1 Å². The molecule has 0 bridgehead atoms. The van der Waals surface area contributed by atoms with Crippen LogP contribution in [0.25, 0.3) is 11.1 Å². The van der Waals surface area contributed by atoms with Crippen LogP contribution in [0.1, 0.15) is 137 Å². The zero-order chi connectivity index (χ0) is 75.5. The van der Waals surface area contributed by atoms with Crippen LogP contribution in [0.4, 0.5) is 16.4 Å². The van der Waals surface area contributed by atoms with E-state index in [1.807, 2.05) is 148 Å². The normalized spacial score (nSPS) is 11.4. The van der Waals surface area contributed by atoms with Crippen molar-refractivity contribution in [1.82, 2.24) is 45.3 Å². The number of anilines is 2. The van der Waals surface area contributed by atoms with Gasteiger partial charge in [-0.05, 0) is 133 Å². The zero-order valence-corrected chi connectivity index (χ0v) is 62.9. The first-order valence-electron chi connectivity index (χ1n) is 37.2. The first-order valence-corrected chi connectivity index (χ1v) is 37.2. The van der Waals surface area contributed by atoms with Crippen molar-refractivity contribution in [2.24, 2.45) is 0 Å². The van der Waals surface area contributed by atoms with Crippen molar-refractivity contribution >= 4 is 41.4 Å². The summed E-state index contributed by atoms with van der Waals surface area (Å²) < 4.78 is 41.0. The molecule has 0 fully saturated rings. The van der Waals surface area contributed by atoms with E-state index in [0.717, 1.165) is 100 Å². The van der Waals surface area contributed by atoms with E-state index in [-0.39, 0.29) is 89.7 Å². The number of carbonyl (C=O) groups is 5. The van der Waals surface area contributed by atoms with Crippen LogP contribution in [0.2, 0.25) is 0 Å². The third kappa shape index (κ3) is 33.6. The highest BCUT2D eigenvalue weighted by Crippen LogP contribution is 2.25. The second kappa shape index (κ2) is 47.0. The molecule has 23 nitrogen and oxygen atoms in total. The number of nitrogens with zero attached hydrogens (tertiary/aromatic N) is 7. The Morgan fingerprint density at radius 1 is 0.411 bits per heavy atom. The highest BCUT2D eigenvalue weighted by molar-refractivity contribution is 5.90. The molecule has 0 saturated heterocycles. The summed E-state index contributed by atoms with van der Waals surface area (Å²) in [7, 11) is 0. The van der Waals surface area contributed by atoms with E-state index in [1.165, 1.54) is 0 Å². The minimum absolute atomic E-state index is 0.0518. The Balaban J connectivity index is 0.844. The molecule has 107 heavy (non-hydrogen) atoms. The van der Waals surface area contributed by atoms with Gasteiger partial charge in [0.1, 0.15) is 42.8 Å². The van der Waals surface area contributed by atoms with E-state index in [9.17, 15) is 24.0 Å². The molecule has 0 aliphatic heterocycles. The molecule has 8 aromatic rings. The quantitative estimate of drug-likeness (QED) is 0.0258. The second-order valence-electron chi connectivity index (χ2n) is 27.1. The largest absolute Gasteiger partial charge is 0.491 e. The predicted molar refractivity (Wildman–Crippen MR) is 413 cm³/mol. The summed E-state index contributed by atoms with van der Waals surface area (Å²) in [6, 6.07) is 55.4. The fourth-order valence-corrected chi connectivity index (χ4v) is 11.4. The number of benzene rings is 4. The molecule has 8 rings (SSSR count). The Morgan fingerprint density at radius 3 is 1.40 bits per heavy atom. The summed E-state index contributed by atoms with van der Waals surface area (Å²) in [6.45, 7) is 15.8. The Morgan fingerprint density at radius 2 is 0.879 bits per heavy atom. The molecule has 0 spiro atoms. The van der Waals surface area contributed by atoms with Gasteiger partial charge in [-0.2, -0.15) is 0 Å². The Hall–Kier alpha value is -9.85. The van der Waals surface area contributed by atoms with Gasteiger partial charge in [0.25, 0.3) is 0 Å². The van der Waals surface area contributed by atoms with Crippen LogP contribution in [0, 0.1) is 0 Å². The molecule has 23 heteroatoms. The van der Waals surface area contributed by atoms with E-state index < -0.39 is 11.7 Å². The number of aromatic nitrogens is 4. The lowest BCUT2D eigenvalue weighted by atomic mass is 10.0. The number of rotatable bonds is 49. The third-order valence-corrected chi connectivity index (χ3v) is 16.7. The van der Waals surface area contributed by atoms with Crippen LogP contribution in [0.5, 0.6) is 5.75 Å². The van der Waals surface area contributed by atoms with Crippen molar-refractivity contribution in [3.8, 4) is 16.9 Å². The molecule has 4 N–H and O–H groups in total. The van der Waals surface area contributed by atoms with E-state index in [2.05, 4.69) is 87.4 Å². The molecule has 0 radical (unpaired) electrons. The lowest BCUT2D eigenvalue weighted by Crippen LogP contribution is -2.36. The van der Waals surface area contributed by atoms with Crippen molar-refractivity contribution in [3.63, 3.8) is 0 Å². The highest BCUT2D eigenvalue weighted by Gasteiger charge is 2.20. The van der Waals surface area contributed by atoms with E-state index >= 15 is 0 Å². The number of ether oxygens (including phenoxy) is 7. The minimum atomic E-state index is -0.580. The SMILES string of the molecule is CCCCCC(=O)Nc1cccc(CN(Cc2cc(CN(Cc3ccccn3)Cc3cccc(NC(=O)CCCCC)n3)cc(OCCOCCOCCN(Cc3ccc(-c4ccccc4)cc3)C(=O)COCCOCCOCC(=O)NCc3ccc(CNC(=O)OC(C)(C)C)cc3)c2)Cc2ccccn2)n1. The summed E-state index contributed by atoms with van der Waals surface area (Å²) in [4.78, 5) is 89.6. The molecular weight excluding hydrogens is 1350 g/mol. The van der Waals surface area contributed by atoms with E-state index in [0.29, 0.717) is 102 Å². The molecule has 0 aliphatic carbocycles.